The van der Waals surface area contributed by atoms with Crippen LogP contribution in [0.4, 0.5) is 0 Å². The summed E-state index contributed by atoms with van der Waals surface area (Å²) in [6.45, 7) is 0.698. The van der Waals surface area contributed by atoms with Gasteiger partial charge in [-0.2, -0.15) is 0 Å². The smallest absolute Gasteiger partial charge is 0.257 e. The van der Waals surface area contributed by atoms with Crippen molar-refractivity contribution in [1.29, 1.82) is 0 Å². The van der Waals surface area contributed by atoms with Gasteiger partial charge in [-0.1, -0.05) is 0 Å². The van der Waals surface area contributed by atoms with E-state index in [1.165, 1.54) is 6.42 Å². The number of rotatable bonds is 4. The number of hydrogen-bond acceptors (Lipinski definition) is 3. The minimum Gasteiger partial charge on any atom is -0.507 e. The van der Waals surface area contributed by atoms with E-state index in [9.17, 15) is 9.90 Å². The first-order valence-corrected chi connectivity index (χ1v) is 7.85. The van der Waals surface area contributed by atoms with E-state index in [-0.39, 0.29) is 17.2 Å². The van der Waals surface area contributed by atoms with E-state index < -0.39 is 0 Å². The summed E-state index contributed by atoms with van der Waals surface area (Å²) in [6.07, 6.45) is 3.46. The number of benzene rings is 1. The molecule has 20 heavy (non-hydrogen) atoms. The van der Waals surface area contributed by atoms with Crippen molar-refractivity contribution in [1.82, 2.24) is 9.80 Å². The van der Waals surface area contributed by atoms with Gasteiger partial charge in [-0.3, -0.25) is 4.79 Å². The number of amides is 1. The Labute approximate surface area is 133 Å². The van der Waals surface area contributed by atoms with Crippen molar-refractivity contribution in [3.05, 3.63) is 27.3 Å². The standard InChI is InChI=1S/C15H21IN2O2/c1-17(2)15(7-4-8-15)10-18(3)14(20)12-9-11(16)5-6-13(12)19/h5-6,9,19H,4,7-8,10H2,1-3H3. The first-order valence-electron chi connectivity index (χ1n) is 6.77. The van der Waals surface area contributed by atoms with Crippen LogP contribution in [0.25, 0.3) is 0 Å². The molecule has 1 aromatic rings. The monoisotopic (exact) mass is 388 g/mol. The molecule has 0 saturated heterocycles. The van der Waals surface area contributed by atoms with Gasteiger partial charge in [-0.15, -0.1) is 0 Å². The average Bonchev–Trinajstić information content (AvgIpc) is 2.35. The van der Waals surface area contributed by atoms with Crippen LogP contribution < -0.4 is 0 Å². The van der Waals surface area contributed by atoms with E-state index in [0.29, 0.717) is 12.1 Å². The fraction of sp³-hybridized carbons (Fsp3) is 0.533. The average molecular weight is 388 g/mol. The maximum atomic E-state index is 12.5. The molecular formula is C15H21IN2O2. The Morgan fingerprint density at radius 2 is 2.00 bits per heavy atom. The molecule has 2 rings (SSSR count). The molecule has 0 aliphatic heterocycles. The van der Waals surface area contributed by atoms with E-state index >= 15 is 0 Å². The summed E-state index contributed by atoms with van der Waals surface area (Å²) in [5.74, 6) is -0.0658. The number of phenolic OH excluding ortho intramolecular Hbond substituents is 1. The molecule has 0 bridgehead atoms. The van der Waals surface area contributed by atoms with E-state index in [4.69, 9.17) is 0 Å². The van der Waals surface area contributed by atoms with E-state index in [0.717, 1.165) is 16.4 Å². The van der Waals surface area contributed by atoms with Gasteiger partial charge in [-0.25, -0.2) is 0 Å². The molecule has 0 spiro atoms. The summed E-state index contributed by atoms with van der Waals surface area (Å²) in [6, 6.07) is 5.10. The molecule has 0 unspecified atom stereocenters. The Bertz CT molecular complexity index is 513. The summed E-state index contributed by atoms with van der Waals surface area (Å²) in [4.78, 5) is 16.4. The topological polar surface area (TPSA) is 43.8 Å². The van der Waals surface area contributed by atoms with Crippen LogP contribution in [0.5, 0.6) is 5.75 Å². The summed E-state index contributed by atoms with van der Waals surface area (Å²) in [7, 11) is 5.95. The fourth-order valence-corrected chi connectivity index (χ4v) is 3.22. The molecule has 1 fully saturated rings. The zero-order valence-electron chi connectivity index (χ0n) is 12.2. The van der Waals surface area contributed by atoms with Crippen LogP contribution in [0.1, 0.15) is 29.6 Å². The molecule has 4 nitrogen and oxygen atoms in total. The molecular weight excluding hydrogens is 367 g/mol. The number of hydrogen-bond donors (Lipinski definition) is 1. The van der Waals surface area contributed by atoms with Gasteiger partial charge in [0.25, 0.3) is 5.91 Å². The van der Waals surface area contributed by atoms with Crippen molar-refractivity contribution in [2.75, 3.05) is 27.7 Å². The van der Waals surface area contributed by atoms with Crippen molar-refractivity contribution >= 4 is 28.5 Å². The first-order chi connectivity index (χ1) is 9.35. The van der Waals surface area contributed by atoms with Gasteiger partial charge in [0.15, 0.2) is 0 Å². The number of halogens is 1. The largest absolute Gasteiger partial charge is 0.507 e. The molecule has 0 atom stereocenters. The summed E-state index contributed by atoms with van der Waals surface area (Å²) in [5, 5.41) is 9.87. The van der Waals surface area contributed by atoms with Crippen LogP contribution in [0.3, 0.4) is 0 Å². The van der Waals surface area contributed by atoms with Crippen LogP contribution in [0.15, 0.2) is 18.2 Å². The van der Waals surface area contributed by atoms with Gasteiger partial charge in [0, 0.05) is 22.7 Å². The van der Waals surface area contributed by atoms with Crippen molar-refractivity contribution in [2.45, 2.75) is 24.8 Å². The highest BCUT2D eigenvalue weighted by Gasteiger charge is 2.40. The zero-order valence-corrected chi connectivity index (χ0v) is 14.3. The fourth-order valence-electron chi connectivity index (χ4n) is 2.73. The van der Waals surface area contributed by atoms with Gasteiger partial charge in [0.2, 0.25) is 0 Å². The Morgan fingerprint density at radius 1 is 1.35 bits per heavy atom. The van der Waals surface area contributed by atoms with Crippen LogP contribution in [-0.2, 0) is 0 Å². The normalized spacial score (nSPS) is 16.9. The van der Waals surface area contributed by atoms with E-state index in [1.807, 2.05) is 7.05 Å². The third-order valence-electron chi connectivity index (χ3n) is 4.30. The number of carbonyl (C=O) groups excluding carboxylic acids is 1. The lowest BCUT2D eigenvalue weighted by molar-refractivity contribution is 0.0251. The van der Waals surface area contributed by atoms with Crippen molar-refractivity contribution in [2.24, 2.45) is 0 Å². The molecule has 1 N–H and O–H groups in total. The minimum absolute atomic E-state index is 0.0507. The van der Waals surface area contributed by atoms with Crippen LogP contribution in [-0.4, -0.2) is 54.0 Å². The molecule has 1 aliphatic rings. The third kappa shape index (κ3) is 2.93. The second-order valence-electron chi connectivity index (χ2n) is 5.80. The van der Waals surface area contributed by atoms with Crippen molar-refractivity contribution in [3.63, 3.8) is 0 Å². The highest BCUT2D eigenvalue weighted by Crippen LogP contribution is 2.37. The SMILES string of the molecule is CN(CC1(N(C)C)CCC1)C(=O)c1cc(I)ccc1O. The molecule has 0 radical (unpaired) electrons. The predicted octanol–water partition coefficient (Wildman–Crippen LogP) is 2.55. The van der Waals surface area contributed by atoms with Gasteiger partial charge < -0.3 is 14.9 Å². The summed E-state index contributed by atoms with van der Waals surface area (Å²) >= 11 is 2.15. The molecule has 1 saturated carbocycles. The second-order valence-corrected chi connectivity index (χ2v) is 7.04. The van der Waals surface area contributed by atoms with Gasteiger partial charge in [0.1, 0.15) is 5.75 Å². The molecule has 1 amide bonds. The molecule has 1 aliphatic carbocycles. The Hall–Kier alpha value is -0.820. The van der Waals surface area contributed by atoms with Gasteiger partial charge in [-0.05, 0) is 74.1 Å². The number of aromatic hydroxyl groups is 1. The van der Waals surface area contributed by atoms with Crippen LogP contribution >= 0.6 is 22.6 Å². The highest BCUT2D eigenvalue weighted by atomic mass is 127. The second kappa shape index (κ2) is 5.89. The maximum Gasteiger partial charge on any atom is 0.257 e. The third-order valence-corrected chi connectivity index (χ3v) is 4.97. The molecule has 110 valence electrons. The molecule has 0 heterocycles. The van der Waals surface area contributed by atoms with Crippen LogP contribution in [0, 0.1) is 3.57 Å². The van der Waals surface area contributed by atoms with Gasteiger partial charge in [0.05, 0.1) is 5.56 Å². The Kier molecular flexibility index (Phi) is 4.59. The summed E-state index contributed by atoms with van der Waals surface area (Å²) in [5.41, 5.74) is 0.481. The lowest BCUT2D eigenvalue weighted by Gasteiger charge is -2.49. The lowest BCUT2D eigenvalue weighted by atomic mass is 9.75. The van der Waals surface area contributed by atoms with Crippen molar-refractivity contribution in [3.8, 4) is 5.75 Å². The minimum atomic E-state index is -0.117. The molecule has 0 aromatic heterocycles. The van der Waals surface area contributed by atoms with Gasteiger partial charge >= 0.3 is 0 Å². The summed E-state index contributed by atoms with van der Waals surface area (Å²) < 4.78 is 0.947. The number of phenols is 1. The molecule has 1 aromatic carbocycles. The lowest BCUT2D eigenvalue weighted by Crippen LogP contribution is -2.57. The number of carbonyl (C=O) groups is 1. The predicted molar refractivity (Wildman–Crippen MR) is 88.1 cm³/mol. The molecule has 5 heteroatoms. The maximum absolute atomic E-state index is 12.5. The quantitative estimate of drug-likeness (QED) is 0.807. The van der Waals surface area contributed by atoms with Crippen LogP contribution in [0.2, 0.25) is 0 Å². The number of nitrogens with zero attached hydrogens (tertiary/aromatic N) is 2. The van der Waals surface area contributed by atoms with E-state index in [1.54, 1.807) is 23.1 Å². The zero-order chi connectivity index (χ0) is 14.9. The first kappa shape index (κ1) is 15.6. The highest BCUT2D eigenvalue weighted by molar-refractivity contribution is 14.1. The Morgan fingerprint density at radius 3 is 2.50 bits per heavy atom. The Balaban J connectivity index is 2.14. The van der Waals surface area contributed by atoms with E-state index in [2.05, 4.69) is 41.6 Å². The number of likely N-dealkylation sites (N-methyl/N-ethyl adjacent to an activating group) is 2. The van der Waals surface area contributed by atoms with Crippen molar-refractivity contribution < 1.29 is 9.90 Å².